The minimum absolute atomic E-state index is 0.0826. The van der Waals surface area contributed by atoms with E-state index >= 15 is 0 Å². The number of benzene rings is 1. The summed E-state index contributed by atoms with van der Waals surface area (Å²) >= 11 is 0. The zero-order chi connectivity index (χ0) is 22.0. The zero-order valence-electron chi connectivity index (χ0n) is 18.9. The molecule has 0 bridgehead atoms. The highest BCUT2D eigenvalue weighted by Gasteiger charge is 2.60. The van der Waals surface area contributed by atoms with Crippen LogP contribution >= 0.6 is 0 Å². The van der Waals surface area contributed by atoms with Crippen LogP contribution in [0.3, 0.4) is 0 Å². The van der Waals surface area contributed by atoms with Gasteiger partial charge in [0, 0.05) is 25.2 Å². The Morgan fingerprint density at radius 2 is 1.87 bits per heavy atom. The molecule has 5 atom stereocenters. The zero-order valence-corrected chi connectivity index (χ0v) is 18.9. The van der Waals surface area contributed by atoms with E-state index in [-0.39, 0.29) is 17.1 Å². The molecule has 3 nitrogen and oxygen atoms in total. The van der Waals surface area contributed by atoms with Gasteiger partial charge in [0.2, 0.25) is 0 Å². The Bertz CT molecular complexity index is 1020. The molecule has 31 heavy (non-hydrogen) atoms. The number of aliphatic hydroxyl groups is 1. The average molecular weight is 416 g/mol. The smallest absolute Gasteiger partial charge is 0.163 e. The maximum Gasteiger partial charge on any atom is 0.163 e. The summed E-state index contributed by atoms with van der Waals surface area (Å²) < 4.78 is 0. The second-order valence-electron chi connectivity index (χ2n) is 10.5. The first-order chi connectivity index (χ1) is 14.8. The van der Waals surface area contributed by atoms with Gasteiger partial charge in [-0.25, -0.2) is 0 Å². The van der Waals surface area contributed by atoms with Crippen LogP contribution in [0.4, 0.5) is 5.69 Å². The number of hydrogen-bond acceptors (Lipinski definition) is 3. The van der Waals surface area contributed by atoms with Gasteiger partial charge in [-0.2, -0.15) is 0 Å². The predicted octanol–water partition coefficient (Wildman–Crippen LogP) is 5.02. The van der Waals surface area contributed by atoms with Crippen LogP contribution in [0.2, 0.25) is 0 Å². The molecule has 0 aliphatic heterocycles. The summed E-state index contributed by atoms with van der Waals surface area (Å²) in [6, 6.07) is 8.44. The van der Waals surface area contributed by atoms with E-state index in [1.54, 1.807) is 5.57 Å². The molecule has 1 aromatic rings. The lowest BCUT2D eigenvalue weighted by molar-refractivity contribution is -0.116. The van der Waals surface area contributed by atoms with Crippen LogP contribution in [0.1, 0.15) is 63.4 Å². The Kier molecular flexibility index (Phi) is 4.72. The molecule has 0 aromatic heterocycles. The molecular formula is C28H33NO2. The van der Waals surface area contributed by atoms with Gasteiger partial charge >= 0.3 is 0 Å². The lowest BCUT2D eigenvalue weighted by Gasteiger charge is -2.50. The Labute approximate surface area is 186 Å². The molecule has 5 rings (SSSR count). The maximum atomic E-state index is 13.0. The lowest BCUT2D eigenvalue weighted by Crippen LogP contribution is -2.49. The third-order valence-electron chi connectivity index (χ3n) is 9.05. The van der Waals surface area contributed by atoms with E-state index in [0.29, 0.717) is 18.3 Å². The van der Waals surface area contributed by atoms with Crippen LogP contribution in [-0.4, -0.2) is 30.6 Å². The Morgan fingerprint density at radius 3 is 2.55 bits per heavy atom. The minimum Gasteiger partial charge on any atom is -0.378 e. The van der Waals surface area contributed by atoms with Gasteiger partial charge in [0.25, 0.3) is 0 Å². The van der Waals surface area contributed by atoms with Gasteiger partial charge in [0.05, 0.1) is 5.92 Å². The molecule has 4 aliphatic rings. The van der Waals surface area contributed by atoms with E-state index < -0.39 is 5.60 Å². The molecule has 0 saturated heterocycles. The third kappa shape index (κ3) is 2.95. The standard InChI is InChI=1S/C28H33NO2/c1-5-28(31)15-13-25-22-11-8-19-16-26(30)24(18-6-9-20(10-7-18)29(3)4)17-23(19)21(22)12-14-27(25,28)2/h1,6-7,9-10,16,22,24-25,31H,8,11-15,17H2,2-4H3/t22-,24?,25+,27+,28-/m1/s1. The van der Waals surface area contributed by atoms with Gasteiger partial charge in [0.1, 0.15) is 5.60 Å². The summed E-state index contributed by atoms with van der Waals surface area (Å²) in [6.45, 7) is 2.22. The van der Waals surface area contributed by atoms with Crippen LogP contribution in [0.25, 0.3) is 0 Å². The number of carbonyl (C=O) groups is 1. The molecule has 0 radical (unpaired) electrons. The van der Waals surface area contributed by atoms with Crippen molar-refractivity contribution in [1.29, 1.82) is 0 Å². The Hall–Kier alpha value is -2.31. The van der Waals surface area contributed by atoms with Crippen molar-refractivity contribution in [2.24, 2.45) is 17.3 Å². The van der Waals surface area contributed by atoms with Gasteiger partial charge in [-0.15, -0.1) is 6.42 Å². The van der Waals surface area contributed by atoms with Crippen LogP contribution in [0.5, 0.6) is 0 Å². The number of carbonyl (C=O) groups excluding carboxylic acids is 1. The van der Waals surface area contributed by atoms with Gasteiger partial charge in [-0.3, -0.25) is 4.79 Å². The lowest BCUT2D eigenvalue weighted by atomic mass is 9.55. The highest BCUT2D eigenvalue weighted by Crippen LogP contribution is 2.63. The number of terminal acetylenes is 1. The molecule has 1 aromatic carbocycles. The summed E-state index contributed by atoms with van der Waals surface area (Å²) in [4.78, 5) is 15.1. The summed E-state index contributed by atoms with van der Waals surface area (Å²) in [5, 5.41) is 11.2. The van der Waals surface area contributed by atoms with Crippen molar-refractivity contribution in [3.63, 3.8) is 0 Å². The summed E-state index contributed by atoms with van der Waals surface area (Å²) in [5.74, 6) is 3.87. The summed E-state index contributed by atoms with van der Waals surface area (Å²) in [5.41, 5.74) is 5.37. The van der Waals surface area contributed by atoms with E-state index in [2.05, 4.69) is 42.0 Å². The monoisotopic (exact) mass is 415 g/mol. The number of nitrogens with zero attached hydrogens (tertiary/aromatic N) is 1. The van der Waals surface area contributed by atoms with Crippen molar-refractivity contribution in [3.8, 4) is 12.3 Å². The third-order valence-corrected chi connectivity index (χ3v) is 9.05. The fourth-order valence-electron chi connectivity index (χ4n) is 7.08. The normalized spacial score (nSPS) is 36.8. The van der Waals surface area contributed by atoms with Crippen LogP contribution in [-0.2, 0) is 4.79 Å². The van der Waals surface area contributed by atoms with E-state index in [4.69, 9.17) is 6.42 Å². The molecule has 0 amide bonds. The Balaban J connectivity index is 1.49. The number of ketones is 1. The minimum atomic E-state index is -0.969. The van der Waals surface area contributed by atoms with Crippen molar-refractivity contribution >= 4 is 11.5 Å². The molecule has 162 valence electrons. The molecule has 3 heteroatoms. The first-order valence-corrected chi connectivity index (χ1v) is 11.7. The van der Waals surface area contributed by atoms with Gasteiger partial charge in [-0.1, -0.05) is 30.6 Å². The molecule has 1 N–H and O–H groups in total. The first-order valence-electron chi connectivity index (χ1n) is 11.7. The topological polar surface area (TPSA) is 40.5 Å². The molecule has 2 fully saturated rings. The first kappa shape index (κ1) is 20.6. The number of rotatable bonds is 2. The van der Waals surface area contributed by atoms with E-state index in [1.807, 2.05) is 20.2 Å². The maximum absolute atomic E-state index is 13.0. The molecule has 4 aliphatic carbocycles. The van der Waals surface area contributed by atoms with Crippen molar-refractivity contribution < 1.29 is 9.90 Å². The number of anilines is 1. The molecule has 0 heterocycles. The highest BCUT2D eigenvalue weighted by molar-refractivity contribution is 5.98. The van der Waals surface area contributed by atoms with Crippen LogP contribution in [0.15, 0.2) is 47.1 Å². The molecule has 2 saturated carbocycles. The van der Waals surface area contributed by atoms with E-state index in [9.17, 15) is 9.90 Å². The van der Waals surface area contributed by atoms with Gasteiger partial charge in [-0.05, 0) is 91.7 Å². The number of hydrogen-bond donors (Lipinski definition) is 1. The van der Waals surface area contributed by atoms with Crippen molar-refractivity contribution in [2.45, 2.75) is 63.4 Å². The van der Waals surface area contributed by atoms with Gasteiger partial charge < -0.3 is 10.0 Å². The number of fused-ring (bicyclic) bond motifs is 4. The van der Waals surface area contributed by atoms with E-state index in [1.165, 1.54) is 11.1 Å². The quantitative estimate of drug-likeness (QED) is 0.690. The fourth-order valence-corrected chi connectivity index (χ4v) is 7.08. The predicted molar refractivity (Wildman–Crippen MR) is 125 cm³/mol. The van der Waals surface area contributed by atoms with Gasteiger partial charge in [0.15, 0.2) is 5.78 Å². The largest absolute Gasteiger partial charge is 0.378 e. The van der Waals surface area contributed by atoms with Crippen molar-refractivity contribution in [2.75, 3.05) is 19.0 Å². The highest BCUT2D eigenvalue weighted by atomic mass is 16.3. The Morgan fingerprint density at radius 1 is 1.13 bits per heavy atom. The SMILES string of the molecule is C#C[C@@]1(O)CC[C@H]2[C@@H]3CCC4=CC(=O)C(c5ccc(N(C)C)cc5)CC4=C3CC[C@@]21C. The summed E-state index contributed by atoms with van der Waals surface area (Å²) in [6.07, 6.45) is 14.3. The van der Waals surface area contributed by atoms with Crippen molar-refractivity contribution in [1.82, 2.24) is 0 Å². The van der Waals surface area contributed by atoms with Crippen molar-refractivity contribution in [3.05, 3.63) is 52.6 Å². The second-order valence-corrected chi connectivity index (χ2v) is 10.5. The van der Waals surface area contributed by atoms with Crippen LogP contribution < -0.4 is 4.90 Å². The number of allylic oxidation sites excluding steroid dienone is 4. The fraction of sp³-hybridized carbons (Fsp3) is 0.536. The molecule has 0 spiro atoms. The second kappa shape index (κ2) is 7.10. The summed E-state index contributed by atoms with van der Waals surface area (Å²) in [7, 11) is 4.07. The van der Waals surface area contributed by atoms with E-state index in [0.717, 1.165) is 49.8 Å². The molecular weight excluding hydrogens is 382 g/mol. The molecule has 1 unspecified atom stereocenters. The average Bonchev–Trinajstić information content (AvgIpc) is 3.04. The van der Waals surface area contributed by atoms with Crippen LogP contribution in [0, 0.1) is 29.6 Å².